The second kappa shape index (κ2) is 9.49. The van der Waals surface area contributed by atoms with Crippen molar-refractivity contribution in [3.8, 4) is 0 Å². The number of halogens is 1. The van der Waals surface area contributed by atoms with Gasteiger partial charge in [0, 0.05) is 25.0 Å². The number of morpholine rings is 1. The topological polar surface area (TPSA) is 87.7 Å². The van der Waals surface area contributed by atoms with E-state index >= 15 is 0 Å². The Hall–Kier alpha value is -2.91. The summed E-state index contributed by atoms with van der Waals surface area (Å²) in [5.74, 6) is -0.0448. The van der Waals surface area contributed by atoms with Gasteiger partial charge in [0.25, 0.3) is 5.91 Å². The van der Waals surface area contributed by atoms with E-state index < -0.39 is 0 Å². The number of nitrogens with zero attached hydrogens (tertiary/aromatic N) is 4. The fourth-order valence-electron chi connectivity index (χ4n) is 4.09. The molecule has 1 N–H and O–H groups in total. The minimum absolute atomic E-state index is 0.0964. The zero-order valence-electron chi connectivity index (χ0n) is 17.5. The first-order chi connectivity index (χ1) is 15.0. The summed E-state index contributed by atoms with van der Waals surface area (Å²) in [6.07, 6.45) is 3.32. The maximum Gasteiger partial charge on any atom is 0.257 e. The molecular formula is C22H26FN5O3. The third-order valence-electron chi connectivity index (χ3n) is 5.62. The van der Waals surface area contributed by atoms with Crippen LogP contribution < -0.4 is 5.32 Å². The number of hydrogen-bond donors (Lipinski definition) is 1. The normalized spacial score (nSPS) is 19.4. The number of benzene rings is 1. The molecule has 1 unspecified atom stereocenters. The van der Waals surface area contributed by atoms with Gasteiger partial charge in [-0.25, -0.2) is 14.4 Å². The predicted octanol–water partition coefficient (Wildman–Crippen LogP) is 2.17. The van der Waals surface area contributed by atoms with Gasteiger partial charge in [-0.3, -0.25) is 14.5 Å². The van der Waals surface area contributed by atoms with E-state index in [1.807, 2.05) is 4.90 Å². The Bertz CT molecular complexity index is 947. The lowest BCUT2D eigenvalue weighted by molar-refractivity contribution is -0.117. The minimum atomic E-state index is -0.353. The summed E-state index contributed by atoms with van der Waals surface area (Å²) in [6, 6.07) is 5.53. The lowest BCUT2D eigenvalue weighted by Gasteiger charge is -2.29. The average Bonchev–Trinajstić information content (AvgIpc) is 3.23. The van der Waals surface area contributed by atoms with Crippen LogP contribution in [0.2, 0.25) is 0 Å². The van der Waals surface area contributed by atoms with Gasteiger partial charge in [0.1, 0.15) is 11.6 Å². The summed E-state index contributed by atoms with van der Waals surface area (Å²) in [7, 11) is 0. The quantitative estimate of drug-likeness (QED) is 0.787. The lowest BCUT2D eigenvalue weighted by atomic mass is 10.0. The third kappa shape index (κ3) is 5.05. The maximum absolute atomic E-state index is 13.1. The van der Waals surface area contributed by atoms with Crippen molar-refractivity contribution in [3.63, 3.8) is 0 Å². The maximum atomic E-state index is 13.1. The molecule has 31 heavy (non-hydrogen) atoms. The fourth-order valence-corrected chi connectivity index (χ4v) is 4.09. The van der Waals surface area contributed by atoms with Crippen molar-refractivity contribution in [2.75, 3.05) is 44.7 Å². The Morgan fingerprint density at radius 3 is 2.68 bits per heavy atom. The third-order valence-corrected chi connectivity index (χ3v) is 5.62. The molecule has 164 valence electrons. The Balaban J connectivity index is 1.51. The number of carbonyl (C=O) groups excluding carboxylic acids is 2. The second-order valence-corrected chi connectivity index (χ2v) is 7.80. The van der Waals surface area contributed by atoms with Crippen LogP contribution in [0.15, 0.2) is 30.5 Å². The van der Waals surface area contributed by atoms with Gasteiger partial charge in [-0.2, -0.15) is 0 Å². The molecule has 0 spiro atoms. The smallest absolute Gasteiger partial charge is 0.257 e. The summed E-state index contributed by atoms with van der Waals surface area (Å²) in [6.45, 7) is 4.82. The van der Waals surface area contributed by atoms with Crippen LogP contribution >= 0.6 is 0 Å². The molecule has 0 aliphatic carbocycles. The number of aromatic nitrogens is 2. The van der Waals surface area contributed by atoms with Crippen molar-refractivity contribution < 1.29 is 18.7 Å². The number of amides is 2. The highest BCUT2D eigenvalue weighted by Gasteiger charge is 2.33. The summed E-state index contributed by atoms with van der Waals surface area (Å²) >= 11 is 0. The summed E-state index contributed by atoms with van der Waals surface area (Å²) in [4.78, 5) is 38.4. The Morgan fingerprint density at radius 2 is 1.94 bits per heavy atom. The SMILES string of the molecule is Cc1ncc(C(=O)N2CCOCC2)c(C2CCCN2CC(=O)Nc2ccc(F)cc2)n1. The minimum Gasteiger partial charge on any atom is -0.378 e. The number of aryl methyl sites for hydroxylation is 1. The standard InChI is InChI=1S/C22H26FN5O3/c1-15-24-13-18(22(30)27-9-11-31-12-10-27)21(25-15)19-3-2-8-28(19)14-20(29)26-17-6-4-16(23)5-7-17/h4-7,13,19H,2-3,8-12,14H2,1H3,(H,26,29). The molecule has 9 heteroatoms. The summed E-state index contributed by atoms with van der Waals surface area (Å²) < 4.78 is 18.4. The molecule has 2 aliphatic heterocycles. The molecule has 1 aromatic carbocycles. The van der Waals surface area contributed by atoms with Gasteiger partial charge in [-0.05, 0) is 50.6 Å². The molecule has 2 aliphatic rings. The summed E-state index contributed by atoms with van der Waals surface area (Å²) in [5, 5.41) is 2.80. The van der Waals surface area contributed by atoms with Crippen LogP contribution in [-0.4, -0.2) is 71.0 Å². The van der Waals surface area contributed by atoms with Gasteiger partial charge in [-0.15, -0.1) is 0 Å². The van der Waals surface area contributed by atoms with Gasteiger partial charge in [0.05, 0.1) is 37.1 Å². The zero-order valence-corrected chi connectivity index (χ0v) is 17.5. The van der Waals surface area contributed by atoms with E-state index in [0.29, 0.717) is 49.1 Å². The number of rotatable bonds is 5. The van der Waals surface area contributed by atoms with Gasteiger partial charge in [0.2, 0.25) is 5.91 Å². The van der Waals surface area contributed by atoms with Crippen LogP contribution in [0.3, 0.4) is 0 Å². The number of carbonyl (C=O) groups is 2. The molecule has 0 saturated carbocycles. The largest absolute Gasteiger partial charge is 0.378 e. The molecule has 0 radical (unpaired) electrons. The van der Waals surface area contributed by atoms with E-state index in [9.17, 15) is 14.0 Å². The Morgan fingerprint density at radius 1 is 1.19 bits per heavy atom. The van der Waals surface area contributed by atoms with E-state index in [4.69, 9.17) is 4.74 Å². The second-order valence-electron chi connectivity index (χ2n) is 7.80. The van der Waals surface area contributed by atoms with Crippen LogP contribution in [0, 0.1) is 12.7 Å². The first-order valence-corrected chi connectivity index (χ1v) is 10.5. The molecule has 2 fully saturated rings. The van der Waals surface area contributed by atoms with E-state index in [0.717, 1.165) is 19.4 Å². The van der Waals surface area contributed by atoms with Gasteiger partial charge >= 0.3 is 0 Å². The zero-order chi connectivity index (χ0) is 21.8. The molecule has 2 saturated heterocycles. The highest BCUT2D eigenvalue weighted by Crippen LogP contribution is 2.33. The van der Waals surface area contributed by atoms with E-state index in [1.54, 1.807) is 18.0 Å². The molecule has 2 amide bonds. The van der Waals surface area contributed by atoms with Gasteiger partial charge < -0.3 is 15.0 Å². The number of anilines is 1. The van der Waals surface area contributed by atoms with Crippen molar-refractivity contribution in [1.82, 2.24) is 19.8 Å². The van der Waals surface area contributed by atoms with Crippen molar-refractivity contribution in [3.05, 3.63) is 53.4 Å². The van der Waals surface area contributed by atoms with E-state index in [2.05, 4.69) is 15.3 Å². The Labute approximate surface area is 180 Å². The van der Waals surface area contributed by atoms with Crippen LogP contribution in [0.4, 0.5) is 10.1 Å². The molecule has 0 bridgehead atoms. The summed E-state index contributed by atoms with van der Waals surface area (Å²) in [5.41, 5.74) is 1.71. The van der Waals surface area contributed by atoms with Gasteiger partial charge in [-0.1, -0.05) is 0 Å². The van der Waals surface area contributed by atoms with E-state index in [1.165, 1.54) is 24.3 Å². The Kier molecular flexibility index (Phi) is 6.53. The van der Waals surface area contributed by atoms with Crippen LogP contribution in [-0.2, 0) is 9.53 Å². The first-order valence-electron chi connectivity index (χ1n) is 10.5. The number of ether oxygens (including phenoxy) is 1. The molecule has 8 nitrogen and oxygen atoms in total. The van der Waals surface area contributed by atoms with Gasteiger partial charge in [0.15, 0.2) is 0 Å². The highest BCUT2D eigenvalue weighted by molar-refractivity contribution is 5.95. The predicted molar refractivity (Wildman–Crippen MR) is 112 cm³/mol. The van der Waals surface area contributed by atoms with Crippen molar-refractivity contribution in [2.45, 2.75) is 25.8 Å². The monoisotopic (exact) mass is 427 g/mol. The van der Waals surface area contributed by atoms with Crippen molar-refractivity contribution >= 4 is 17.5 Å². The molecule has 1 aromatic heterocycles. The molecular weight excluding hydrogens is 401 g/mol. The molecule has 2 aromatic rings. The van der Waals surface area contributed by atoms with E-state index in [-0.39, 0.29) is 30.2 Å². The lowest BCUT2D eigenvalue weighted by Crippen LogP contribution is -2.42. The fraction of sp³-hybridized carbons (Fsp3) is 0.455. The number of nitrogens with one attached hydrogen (secondary N) is 1. The van der Waals surface area contributed by atoms with Crippen molar-refractivity contribution in [1.29, 1.82) is 0 Å². The average molecular weight is 427 g/mol. The van der Waals surface area contributed by atoms with Crippen LogP contribution in [0.25, 0.3) is 0 Å². The highest BCUT2D eigenvalue weighted by atomic mass is 19.1. The first kappa shape index (κ1) is 21.3. The van der Waals surface area contributed by atoms with Crippen LogP contribution in [0.1, 0.15) is 40.8 Å². The van der Waals surface area contributed by atoms with Crippen LogP contribution in [0.5, 0.6) is 0 Å². The molecule has 1 atom stereocenters. The molecule has 4 rings (SSSR count). The van der Waals surface area contributed by atoms with Crippen molar-refractivity contribution in [2.24, 2.45) is 0 Å². The number of likely N-dealkylation sites (tertiary alicyclic amines) is 1. The molecule has 3 heterocycles. The number of hydrogen-bond acceptors (Lipinski definition) is 6.